The number of carbonyl (C=O) groups excluding carboxylic acids is 3. The van der Waals surface area contributed by atoms with Crippen LogP contribution in [0.15, 0.2) is 36.5 Å². The highest BCUT2D eigenvalue weighted by atomic mass is 19.1. The van der Waals surface area contributed by atoms with Gasteiger partial charge in [-0.25, -0.2) is 9.87 Å². The van der Waals surface area contributed by atoms with Crippen LogP contribution < -0.4 is 10.8 Å². The SMILES string of the molecule is CCCCC(C(=O)N1CCC[C@H]1C(=O)Nc1cnc2ccccc2c1)C(F)C(=O)NO. The molecule has 2 unspecified atom stereocenters. The zero-order valence-electron chi connectivity index (χ0n) is 17.4. The summed E-state index contributed by atoms with van der Waals surface area (Å²) in [5.41, 5.74) is 2.58. The molecule has 1 aromatic heterocycles. The number of anilines is 1. The number of carbonyl (C=O) groups is 3. The number of hydrogen-bond acceptors (Lipinski definition) is 5. The lowest BCUT2D eigenvalue weighted by Gasteiger charge is -2.29. The normalized spacial score (nSPS) is 17.9. The van der Waals surface area contributed by atoms with E-state index in [0.717, 1.165) is 17.3 Å². The van der Waals surface area contributed by atoms with E-state index in [1.807, 2.05) is 31.2 Å². The molecule has 1 fully saturated rings. The molecule has 0 spiro atoms. The molecule has 0 bridgehead atoms. The molecule has 166 valence electrons. The molecule has 1 saturated heterocycles. The molecule has 1 aromatic carbocycles. The van der Waals surface area contributed by atoms with Crippen molar-refractivity contribution in [3.8, 4) is 0 Å². The summed E-state index contributed by atoms with van der Waals surface area (Å²) in [5.74, 6) is -3.46. The molecule has 2 heterocycles. The molecule has 9 heteroatoms. The molecule has 0 saturated carbocycles. The predicted octanol–water partition coefficient (Wildman–Crippen LogP) is 2.81. The van der Waals surface area contributed by atoms with E-state index in [9.17, 15) is 18.8 Å². The molecule has 8 nitrogen and oxygen atoms in total. The minimum Gasteiger partial charge on any atom is -0.330 e. The largest absolute Gasteiger partial charge is 0.330 e. The van der Waals surface area contributed by atoms with Crippen LogP contribution in [-0.2, 0) is 14.4 Å². The lowest BCUT2D eigenvalue weighted by Crippen LogP contribution is -2.49. The molecule has 0 radical (unpaired) electrons. The smallest absolute Gasteiger partial charge is 0.278 e. The minimum atomic E-state index is -2.18. The summed E-state index contributed by atoms with van der Waals surface area (Å²) in [6.07, 6.45) is 1.83. The quantitative estimate of drug-likeness (QED) is 0.440. The molecular weight excluding hydrogens is 403 g/mol. The number of likely N-dealkylation sites (tertiary alicyclic amines) is 1. The van der Waals surface area contributed by atoms with E-state index in [1.54, 1.807) is 12.3 Å². The topological polar surface area (TPSA) is 112 Å². The van der Waals surface area contributed by atoms with Crippen LogP contribution in [0.2, 0.25) is 0 Å². The van der Waals surface area contributed by atoms with Gasteiger partial charge in [0.1, 0.15) is 6.04 Å². The molecule has 3 amide bonds. The maximum atomic E-state index is 14.6. The second-order valence-electron chi connectivity index (χ2n) is 7.72. The standard InChI is InChI=1S/C22H27FN4O4/c1-2-3-8-16(19(23)21(29)26-31)22(30)27-11-6-10-18(27)20(28)25-15-12-14-7-4-5-9-17(14)24-13-15/h4-5,7,9,12-13,16,18-19,31H,2-3,6,8,10-11H2,1H3,(H,25,28)(H,26,29)/t16?,18-,19?/m0/s1. The lowest BCUT2D eigenvalue weighted by molar-refractivity contribution is -0.148. The monoisotopic (exact) mass is 430 g/mol. The molecule has 3 atom stereocenters. The Labute approximate surface area is 179 Å². The van der Waals surface area contributed by atoms with E-state index in [1.165, 1.54) is 10.4 Å². The molecule has 0 aliphatic carbocycles. The Hall–Kier alpha value is -3.07. The van der Waals surface area contributed by atoms with Crippen molar-refractivity contribution in [2.75, 3.05) is 11.9 Å². The van der Waals surface area contributed by atoms with Gasteiger partial charge in [0.05, 0.1) is 23.3 Å². The number of amides is 3. The van der Waals surface area contributed by atoms with Crippen molar-refractivity contribution in [2.24, 2.45) is 5.92 Å². The average molecular weight is 430 g/mol. The van der Waals surface area contributed by atoms with Crippen LogP contribution in [0.5, 0.6) is 0 Å². The van der Waals surface area contributed by atoms with Crippen molar-refractivity contribution < 1.29 is 24.0 Å². The van der Waals surface area contributed by atoms with E-state index in [0.29, 0.717) is 31.5 Å². The van der Waals surface area contributed by atoms with Crippen LogP contribution in [0.3, 0.4) is 0 Å². The fourth-order valence-electron chi connectivity index (χ4n) is 3.94. The Balaban J connectivity index is 1.74. The molecule has 31 heavy (non-hydrogen) atoms. The van der Waals surface area contributed by atoms with E-state index in [-0.39, 0.29) is 12.3 Å². The summed E-state index contributed by atoms with van der Waals surface area (Å²) in [6, 6.07) is 8.54. The summed E-state index contributed by atoms with van der Waals surface area (Å²) in [4.78, 5) is 43.3. The van der Waals surface area contributed by atoms with Gasteiger partial charge in [0, 0.05) is 11.9 Å². The third-order valence-electron chi connectivity index (χ3n) is 5.60. The first-order valence-corrected chi connectivity index (χ1v) is 10.5. The zero-order valence-corrected chi connectivity index (χ0v) is 17.4. The van der Waals surface area contributed by atoms with Crippen LogP contribution >= 0.6 is 0 Å². The Kier molecular flexibility index (Phi) is 7.51. The second-order valence-corrected chi connectivity index (χ2v) is 7.72. The minimum absolute atomic E-state index is 0.156. The first kappa shape index (κ1) is 22.6. The Morgan fingerprint density at radius 3 is 2.84 bits per heavy atom. The highest BCUT2D eigenvalue weighted by molar-refractivity contribution is 5.99. The van der Waals surface area contributed by atoms with Gasteiger partial charge in [-0.2, -0.15) is 0 Å². The molecule has 3 N–H and O–H groups in total. The molecule has 3 rings (SSSR count). The number of para-hydroxylation sites is 1. The summed E-state index contributed by atoms with van der Waals surface area (Å²) >= 11 is 0. The van der Waals surface area contributed by atoms with Crippen molar-refractivity contribution in [1.29, 1.82) is 0 Å². The van der Waals surface area contributed by atoms with Crippen LogP contribution in [0.1, 0.15) is 39.0 Å². The summed E-state index contributed by atoms with van der Waals surface area (Å²) < 4.78 is 14.6. The van der Waals surface area contributed by atoms with E-state index in [4.69, 9.17) is 5.21 Å². The van der Waals surface area contributed by atoms with Gasteiger partial charge in [-0.15, -0.1) is 0 Å². The third-order valence-corrected chi connectivity index (χ3v) is 5.60. The average Bonchev–Trinajstić information content (AvgIpc) is 3.28. The van der Waals surface area contributed by atoms with Crippen molar-refractivity contribution in [2.45, 2.75) is 51.2 Å². The highest BCUT2D eigenvalue weighted by Crippen LogP contribution is 2.26. The van der Waals surface area contributed by atoms with Gasteiger partial charge in [0.15, 0.2) is 6.17 Å². The zero-order chi connectivity index (χ0) is 22.4. The van der Waals surface area contributed by atoms with Gasteiger partial charge in [-0.05, 0) is 31.4 Å². The summed E-state index contributed by atoms with van der Waals surface area (Å²) in [6.45, 7) is 2.20. The fourth-order valence-corrected chi connectivity index (χ4v) is 3.94. The third kappa shape index (κ3) is 5.16. The van der Waals surface area contributed by atoms with Gasteiger partial charge >= 0.3 is 0 Å². The van der Waals surface area contributed by atoms with Crippen molar-refractivity contribution in [1.82, 2.24) is 15.4 Å². The maximum Gasteiger partial charge on any atom is 0.278 e. The van der Waals surface area contributed by atoms with E-state index >= 15 is 0 Å². The Bertz CT molecular complexity index is 954. The number of nitrogens with one attached hydrogen (secondary N) is 2. The second kappa shape index (κ2) is 10.3. The number of benzene rings is 1. The molecule has 1 aliphatic heterocycles. The summed E-state index contributed by atoms with van der Waals surface area (Å²) in [5, 5.41) is 12.4. The van der Waals surface area contributed by atoms with E-state index in [2.05, 4.69) is 10.3 Å². The molecule has 1 aliphatic rings. The van der Waals surface area contributed by atoms with Crippen LogP contribution in [-0.4, -0.2) is 51.6 Å². The van der Waals surface area contributed by atoms with Crippen molar-refractivity contribution in [3.05, 3.63) is 36.5 Å². The molecular formula is C22H27FN4O4. The maximum absolute atomic E-state index is 14.6. The van der Waals surface area contributed by atoms with Crippen LogP contribution in [0, 0.1) is 5.92 Å². The van der Waals surface area contributed by atoms with Gasteiger partial charge in [0.2, 0.25) is 11.8 Å². The number of aromatic nitrogens is 1. The number of alkyl halides is 1. The fraction of sp³-hybridized carbons (Fsp3) is 0.455. The Morgan fingerprint density at radius 1 is 1.32 bits per heavy atom. The first-order valence-electron chi connectivity index (χ1n) is 10.5. The van der Waals surface area contributed by atoms with Crippen molar-refractivity contribution >= 4 is 34.3 Å². The number of nitrogens with zero attached hydrogens (tertiary/aromatic N) is 2. The number of fused-ring (bicyclic) bond motifs is 1. The first-order chi connectivity index (χ1) is 15.0. The number of rotatable bonds is 8. The molecule has 2 aromatic rings. The van der Waals surface area contributed by atoms with Crippen LogP contribution in [0.4, 0.5) is 10.1 Å². The van der Waals surface area contributed by atoms with Gasteiger partial charge in [-0.3, -0.25) is 24.6 Å². The number of hydroxylamine groups is 1. The number of pyridine rings is 1. The summed E-state index contributed by atoms with van der Waals surface area (Å²) in [7, 11) is 0. The van der Waals surface area contributed by atoms with Gasteiger partial charge in [0.25, 0.3) is 5.91 Å². The number of halogens is 1. The van der Waals surface area contributed by atoms with Gasteiger partial charge < -0.3 is 10.2 Å². The van der Waals surface area contributed by atoms with Gasteiger partial charge in [-0.1, -0.05) is 38.0 Å². The highest BCUT2D eigenvalue weighted by Gasteiger charge is 2.41. The number of unbranched alkanes of at least 4 members (excludes halogenated alkanes) is 1. The lowest BCUT2D eigenvalue weighted by atomic mass is 9.94. The number of hydrogen-bond donors (Lipinski definition) is 3. The van der Waals surface area contributed by atoms with Crippen LogP contribution in [0.25, 0.3) is 10.9 Å². The van der Waals surface area contributed by atoms with Crippen molar-refractivity contribution in [3.63, 3.8) is 0 Å². The predicted molar refractivity (Wildman–Crippen MR) is 113 cm³/mol. The van der Waals surface area contributed by atoms with E-state index < -0.39 is 29.9 Å². The Morgan fingerprint density at radius 2 is 2.10 bits per heavy atom.